The van der Waals surface area contributed by atoms with Crippen molar-refractivity contribution in [1.29, 1.82) is 0 Å². The maximum Gasteiger partial charge on any atom is 0.0865 e. The lowest BCUT2D eigenvalue weighted by atomic mass is 10.0. The molecular weight excluding hydrogens is 256 g/mol. The van der Waals surface area contributed by atoms with E-state index in [2.05, 4.69) is 31.2 Å². The summed E-state index contributed by atoms with van der Waals surface area (Å²) in [5.74, 6) is 0. The highest BCUT2D eigenvalue weighted by molar-refractivity contribution is 6.30. The maximum atomic E-state index is 5.98. The molecule has 1 atom stereocenters. The van der Waals surface area contributed by atoms with Crippen molar-refractivity contribution in [3.05, 3.63) is 70.7 Å². The van der Waals surface area contributed by atoms with Crippen LogP contribution in [-0.2, 0) is 11.2 Å². The zero-order valence-electron chi connectivity index (χ0n) is 11.2. The fourth-order valence-electron chi connectivity index (χ4n) is 2.04. The van der Waals surface area contributed by atoms with E-state index >= 15 is 0 Å². The van der Waals surface area contributed by atoms with E-state index in [-0.39, 0.29) is 6.10 Å². The Morgan fingerprint density at radius 3 is 2.32 bits per heavy atom. The molecular formula is C17H19ClO. The molecule has 0 unspecified atom stereocenters. The Hall–Kier alpha value is -1.31. The number of hydrogen-bond donors (Lipinski definition) is 0. The zero-order valence-corrected chi connectivity index (χ0v) is 11.9. The molecule has 0 N–H and O–H groups in total. The van der Waals surface area contributed by atoms with E-state index in [0.717, 1.165) is 24.5 Å². The Labute approximate surface area is 120 Å². The quantitative estimate of drug-likeness (QED) is 0.716. The molecule has 2 aromatic rings. The van der Waals surface area contributed by atoms with Crippen molar-refractivity contribution >= 4 is 11.6 Å². The standard InChI is InChI=1S/C17H19ClO/c1-2-12-19-17(13-14-6-4-3-5-7-14)15-8-10-16(18)11-9-15/h3-11,17H,2,12-13H2,1H3/t17-/m0/s1. The van der Waals surface area contributed by atoms with E-state index < -0.39 is 0 Å². The minimum absolute atomic E-state index is 0.0969. The summed E-state index contributed by atoms with van der Waals surface area (Å²) in [4.78, 5) is 0. The predicted octanol–water partition coefficient (Wildman–Crippen LogP) is 5.05. The largest absolute Gasteiger partial charge is 0.373 e. The highest BCUT2D eigenvalue weighted by Crippen LogP contribution is 2.24. The monoisotopic (exact) mass is 274 g/mol. The van der Waals surface area contributed by atoms with Crippen LogP contribution in [0, 0.1) is 0 Å². The van der Waals surface area contributed by atoms with Crippen LogP contribution >= 0.6 is 11.6 Å². The van der Waals surface area contributed by atoms with Gasteiger partial charge in [0.15, 0.2) is 0 Å². The van der Waals surface area contributed by atoms with Crippen molar-refractivity contribution in [2.24, 2.45) is 0 Å². The minimum Gasteiger partial charge on any atom is -0.373 e. The van der Waals surface area contributed by atoms with E-state index in [0.29, 0.717) is 0 Å². The summed E-state index contributed by atoms with van der Waals surface area (Å²) in [5.41, 5.74) is 2.47. The van der Waals surface area contributed by atoms with Crippen LogP contribution < -0.4 is 0 Å². The van der Waals surface area contributed by atoms with Gasteiger partial charge in [0, 0.05) is 18.1 Å². The molecule has 0 aliphatic carbocycles. The maximum absolute atomic E-state index is 5.98. The summed E-state index contributed by atoms with van der Waals surface area (Å²) in [5, 5.41) is 0.762. The van der Waals surface area contributed by atoms with Gasteiger partial charge in [0.25, 0.3) is 0 Å². The molecule has 2 aromatic carbocycles. The third-order valence-corrected chi connectivity index (χ3v) is 3.28. The van der Waals surface area contributed by atoms with Gasteiger partial charge in [-0.25, -0.2) is 0 Å². The van der Waals surface area contributed by atoms with Gasteiger partial charge in [0.1, 0.15) is 0 Å². The van der Waals surface area contributed by atoms with Crippen molar-refractivity contribution in [2.45, 2.75) is 25.9 Å². The van der Waals surface area contributed by atoms with Crippen LogP contribution in [0.5, 0.6) is 0 Å². The molecule has 2 heteroatoms. The van der Waals surface area contributed by atoms with Gasteiger partial charge in [-0.1, -0.05) is 61.0 Å². The molecule has 2 rings (SSSR count). The van der Waals surface area contributed by atoms with Gasteiger partial charge < -0.3 is 4.74 Å². The van der Waals surface area contributed by atoms with Crippen molar-refractivity contribution in [3.8, 4) is 0 Å². The van der Waals surface area contributed by atoms with E-state index in [9.17, 15) is 0 Å². The molecule has 0 saturated heterocycles. The van der Waals surface area contributed by atoms with Crippen molar-refractivity contribution in [3.63, 3.8) is 0 Å². The first-order valence-electron chi connectivity index (χ1n) is 6.70. The molecule has 0 saturated carbocycles. The molecule has 100 valence electrons. The number of ether oxygens (including phenoxy) is 1. The SMILES string of the molecule is CCCO[C@@H](Cc1ccccc1)c1ccc(Cl)cc1. The van der Waals surface area contributed by atoms with Crippen LogP contribution in [0.25, 0.3) is 0 Å². The number of benzene rings is 2. The molecule has 0 aromatic heterocycles. The van der Waals surface area contributed by atoms with Gasteiger partial charge in [-0.3, -0.25) is 0 Å². The van der Waals surface area contributed by atoms with Crippen LogP contribution in [-0.4, -0.2) is 6.61 Å². The highest BCUT2D eigenvalue weighted by atomic mass is 35.5. The third-order valence-electron chi connectivity index (χ3n) is 3.03. The fourth-order valence-corrected chi connectivity index (χ4v) is 2.16. The van der Waals surface area contributed by atoms with Crippen LogP contribution in [0.15, 0.2) is 54.6 Å². The molecule has 0 amide bonds. The second-order valence-corrected chi connectivity index (χ2v) is 5.04. The van der Waals surface area contributed by atoms with Crippen LogP contribution in [0.4, 0.5) is 0 Å². The Bertz CT molecular complexity index is 478. The van der Waals surface area contributed by atoms with Gasteiger partial charge in [0.05, 0.1) is 6.10 Å². The van der Waals surface area contributed by atoms with E-state index in [1.54, 1.807) is 0 Å². The van der Waals surface area contributed by atoms with Crippen molar-refractivity contribution < 1.29 is 4.74 Å². The van der Waals surface area contributed by atoms with E-state index in [1.165, 1.54) is 11.1 Å². The highest BCUT2D eigenvalue weighted by Gasteiger charge is 2.12. The van der Waals surface area contributed by atoms with Crippen molar-refractivity contribution in [1.82, 2.24) is 0 Å². The summed E-state index contributed by atoms with van der Waals surface area (Å²) >= 11 is 5.94. The number of halogens is 1. The Kier molecular flexibility index (Phi) is 5.44. The first-order chi connectivity index (χ1) is 9.29. The molecule has 0 aliphatic heterocycles. The van der Waals surface area contributed by atoms with Gasteiger partial charge in [-0.05, 0) is 29.7 Å². The summed E-state index contributed by atoms with van der Waals surface area (Å²) in [7, 11) is 0. The third kappa shape index (κ3) is 4.38. The molecule has 0 heterocycles. The van der Waals surface area contributed by atoms with E-state index in [4.69, 9.17) is 16.3 Å². The summed E-state index contributed by atoms with van der Waals surface area (Å²) in [6, 6.07) is 18.4. The number of hydrogen-bond acceptors (Lipinski definition) is 1. The first-order valence-corrected chi connectivity index (χ1v) is 7.08. The smallest absolute Gasteiger partial charge is 0.0865 e. The Balaban J connectivity index is 2.13. The predicted molar refractivity (Wildman–Crippen MR) is 80.6 cm³/mol. The first kappa shape index (κ1) is 14.1. The molecule has 0 spiro atoms. The van der Waals surface area contributed by atoms with Gasteiger partial charge >= 0.3 is 0 Å². The van der Waals surface area contributed by atoms with E-state index in [1.807, 2.05) is 30.3 Å². The van der Waals surface area contributed by atoms with Crippen LogP contribution in [0.3, 0.4) is 0 Å². The molecule has 1 nitrogen and oxygen atoms in total. The average Bonchev–Trinajstić information content (AvgIpc) is 2.45. The normalized spacial score (nSPS) is 12.3. The molecule has 0 fully saturated rings. The summed E-state index contributed by atoms with van der Waals surface area (Å²) < 4.78 is 5.98. The summed E-state index contributed by atoms with van der Waals surface area (Å²) in [6.45, 7) is 2.90. The lowest BCUT2D eigenvalue weighted by molar-refractivity contribution is 0.0533. The lowest BCUT2D eigenvalue weighted by Crippen LogP contribution is -2.08. The second-order valence-electron chi connectivity index (χ2n) is 4.60. The van der Waals surface area contributed by atoms with Gasteiger partial charge in [-0.2, -0.15) is 0 Å². The van der Waals surface area contributed by atoms with Crippen LogP contribution in [0.2, 0.25) is 5.02 Å². The molecule has 0 bridgehead atoms. The van der Waals surface area contributed by atoms with Gasteiger partial charge in [-0.15, -0.1) is 0 Å². The Morgan fingerprint density at radius 1 is 1.00 bits per heavy atom. The summed E-state index contributed by atoms with van der Waals surface area (Å²) in [6.07, 6.45) is 2.01. The lowest BCUT2D eigenvalue weighted by Gasteiger charge is -2.18. The van der Waals surface area contributed by atoms with Gasteiger partial charge in [0.2, 0.25) is 0 Å². The fraction of sp³-hybridized carbons (Fsp3) is 0.294. The molecule has 0 radical (unpaired) electrons. The topological polar surface area (TPSA) is 9.23 Å². The zero-order chi connectivity index (χ0) is 13.5. The second kappa shape index (κ2) is 7.32. The number of rotatable bonds is 6. The average molecular weight is 275 g/mol. The Morgan fingerprint density at radius 2 is 1.68 bits per heavy atom. The van der Waals surface area contributed by atoms with Crippen molar-refractivity contribution in [2.75, 3.05) is 6.61 Å². The molecule has 0 aliphatic rings. The van der Waals surface area contributed by atoms with Crippen LogP contribution in [0.1, 0.15) is 30.6 Å². The minimum atomic E-state index is 0.0969. The molecule has 19 heavy (non-hydrogen) atoms.